The summed E-state index contributed by atoms with van der Waals surface area (Å²) in [6.07, 6.45) is 8.73. The Hall–Kier alpha value is -2.48. The summed E-state index contributed by atoms with van der Waals surface area (Å²) in [5.41, 5.74) is 1.07. The van der Waals surface area contributed by atoms with E-state index in [1.165, 1.54) is 25.7 Å². The van der Waals surface area contributed by atoms with Crippen LogP contribution in [0.5, 0.6) is 5.75 Å². The third-order valence-electron chi connectivity index (χ3n) is 4.30. The van der Waals surface area contributed by atoms with E-state index in [2.05, 4.69) is 10.6 Å². The normalized spacial score (nSPS) is 15.9. The van der Waals surface area contributed by atoms with Crippen LogP contribution in [0.15, 0.2) is 36.0 Å². The lowest BCUT2D eigenvalue weighted by molar-refractivity contribution is -0.117. The van der Waals surface area contributed by atoms with Crippen molar-refractivity contribution in [2.75, 3.05) is 7.11 Å². The summed E-state index contributed by atoms with van der Waals surface area (Å²) in [6.45, 7) is 0.380. The Balaban J connectivity index is 1.85. The number of nitrogens with zero attached hydrogens (tertiary/aromatic N) is 1. The van der Waals surface area contributed by atoms with Gasteiger partial charge in [0.1, 0.15) is 17.4 Å². The topological polar surface area (TPSA) is 74.1 Å². The highest BCUT2D eigenvalue weighted by molar-refractivity contribution is 5.97. The fourth-order valence-corrected chi connectivity index (χ4v) is 2.82. The molecule has 5 nitrogen and oxygen atoms in total. The molecular weight excluding hydrogens is 302 g/mol. The van der Waals surface area contributed by atoms with Crippen molar-refractivity contribution in [2.45, 2.75) is 51.1 Å². The molecule has 128 valence electrons. The smallest absolute Gasteiger partial charge is 0.263 e. The van der Waals surface area contributed by atoms with Crippen molar-refractivity contribution in [1.29, 1.82) is 5.26 Å². The third-order valence-corrected chi connectivity index (χ3v) is 4.30. The molecule has 1 aromatic rings. The molecule has 1 saturated carbocycles. The quantitative estimate of drug-likeness (QED) is 0.478. The number of ether oxygens (including phenoxy) is 1. The Morgan fingerprint density at radius 2 is 1.92 bits per heavy atom. The molecule has 0 heterocycles. The summed E-state index contributed by atoms with van der Waals surface area (Å²) >= 11 is 0. The van der Waals surface area contributed by atoms with Gasteiger partial charge in [0.05, 0.1) is 7.11 Å². The standard InChI is InChI=1S/C19H25N3O2/c1-24-18-10-8-15(9-11-18)13-22-19(23)16(12-20)14-21-17-6-4-2-3-5-7-17/h8-11,14,17,21H,2-7,13H2,1H3,(H,22,23)/b16-14-. The Kier molecular flexibility index (Phi) is 7.16. The molecule has 1 aromatic carbocycles. The zero-order valence-corrected chi connectivity index (χ0v) is 14.2. The van der Waals surface area contributed by atoms with E-state index in [1.807, 2.05) is 30.3 Å². The van der Waals surface area contributed by atoms with Gasteiger partial charge in [0.25, 0.3) is 5.91 Å². The maximum atomic E-state index is 12.1. The van der Waals surface area contributed by atoms with Gasteiger partial charge in [-0.3, -0.25) is 4.79 Å². The summed E-state index contributed by atoms with van der Waals surface area (Å²) in [6, 6.07) is 9.81. The maximum absolute atomic E-state index is 12.1. The van der Waals surface area contributed by atoms with Crippen LogP contribution in [0.25, 0.3) is 0 Å². The highest BCUT2D eigenvalue weighted by atomic mass is 16.5. The number of amides is 1. The molecule has 2 N–H and O–H groups in total. The number of nitriles is 1. The minimum atomic E-state index is -0.352. The van der Waals surface area contributed by atoms with Crippen LogP contribution < -0.4 is 15.4 Å². The number of carbonyl (C=O) groups excluding carboxylic acids is 1. The van der Waals surface area contributed by atoms with Gasteiger partial charge in [-0.1, -0.05) is 37.8 Å². The molecule has 0 bridgehead atoms. The molecule has 1 fully saturated rings. The molecule has 0 radical (unpaired) electrons. The number of hydrogen-bond acceptors (Lipinski definition) is 4. The lowest BCUT2D eigenvalue weighted by Crippen LogP contribution is -2.28. The average molecular weight is 327 g/mol. The van der Waals surface area contributed by atoms with Crippen LogP contribution in [0, 0.1) is 11.3 Å². The number of rotatable bonds is 6. The lowest BCUT2D eigenvalue weighted by Gasteiger charge is -2.14. The molecule has 0 spiro atoms. The number of benzene rings is 1. The van der Waals surface area contributed by atoms with E-state index >= 15 is 0 Å². The first kappa shape index (κ1) is 17.9. The minimum Gasteiger partial charge on any atom is -0.497 e. The van der Waals surface area contributed by atoms with E-state index in [-0.39, 0.29) is 11.5 Å². The van der Waals surface area contributed by atoms with Crippen molar-refractivity contribution < 1.29 is 9.53 Å². The summed E-state index contributed by atoms with van der Waals surface area (Å²) in [5.74, 6) is 0.421. The molecule has 0 aromatic heterocycles. The first-order valence-corrected chi connectivity index (χ1v) is 8.50. The maximum Gasteiger partial charge on any atom is 0.263 e. The van der Waals surface area contributed by atoms with Gasteiger partial charge in [0, 0.05) is 18.8 Å². The molecule has 24 heavy (non-hydrogen) atoms. The van der Waals surface area contributed by atoms with E-state index in [4.69, 9.17) is 4.74 Å². The van der Waals surface area contributed by atoms with E-state index in [9.17, 15) is 10.1 Å². The van der Waals surface area contributed by atoms with Gasteiger partial charge in [-0.2, -0.15) is 5.26 Å². The monoisotopic (exact) mass is 327 g/mol. The van der Waals surface area contributed by atoms with E-state index in [0.29, 0.717) is 12.6 Å². The lowest BCUT2D eigenvalue weighted by atomic mass is 10.1. The first-order valence-electron chi connectivity index (χ1n) is 8.50. The van der Waals surface area contributed by atoms with Crippen LogP contribution in [-0.2, 0) is 11.3 Å². The van der Waals surface area contributed by atoms with Crippen LogP contribution >= 0.6 is 0 Å². The van der Waals surface area contributed by atoms with Crippen LogP contribution in [0.1, 0.15) is 44.1 Å². The molecular formula is C19H25N3O2. The molecule has 5 heteroatoms. The SMILES string of the molecule is COc1ccc(CNC(=O)/C(C#N)=C\NC2CCCCCC2)cc1. The van der Waals surface area contributed by atoms with Crippen LogP contribution in [0.2, 0.25) is 0 Å². The highest BCUT2D eigenvalue weighted by Gasteiger charge is 2.13. The largest absolute Gasteiger partial charge is 0.497 e. The van der Waals surface area contributed by atoms with Gasteiger partial charge in [0.15, 0.2) is 0 Å². The fraction of sp³-hybridized carbons (Fsp3) is 0.474. The first-order chi connectivity index (χ1) is 11.7. The number of nitrogens with one attached hydrogen (secondary N) is 2. The number of methoxy groups -OCH3 is 1. The van der Waals surface area contributed by atoms with Gasteiger partial charge in [-0.15, -0.1) is 0 Å². The second kappa shape index (κ2) is 9.61. The zero-order valence-electron chi connectivity index (χ0n) is 14.2. The molecule has 0 unspecified atom stereocenters. The highest BCUT2D eigenvalue weighted by Crippen LogP contribution is 2.17. The van der Waals surface area contributed by atoms with Crippen LogP contribution in [-0.4, -0.2) is 19.1 Å². The summed E-state index contributed by atoms with van der Waals surface area (Å²) < 4.78 is 5.10. The fourth-order valence-electron chi connectivity index (χ4n) is 2.82. The van der Waals surface area contributed by atoms with Gasteiger partial charge >= 0.3 is 0 Å². The Morgan fingerprint density at radius 1 is 1.25 bits per heavy atom. The van der Waals surface area contributed by atoms with Crippen molar-refractivity contribution in [2.24, 2.45) is 0 Å². The van der Waals surface area contributed by atoms with Crippen molar-refractivity contribution in [3.05, 3.63) is 41.6 Å². The molecule has 0 aliphatic heterocycles. The van der Waals surface area contributed by atoms with Crippen LogP contribution in [0.4, 0.5) is 0 Å². The van der Waals surface area contributed by atoms with Crippen molar-refractivity contribution >= 4 is 5.91 Å². The Labute approximate surface area is 143 Å². The van der Waals surface area contributed by atoms with Crippen LogP contribution in [0.3, 0.4) is 0 Å². The van der Waals surface area contributed by atoms with Crippen molar-refractivity contribution in [3.63, 3.8) is 0 Å². The van der Waals surface area contributed by atoms with E-state index in [1.54, 1.807) is 13.3 Å². The van der Waals surface area contributed by atoms with Gasteiger partial charge in [-0.25, -0.2) is 0 Å². The summed E-state index contributed by atoms with van der Waals surface area (Å²) in [5, 5.41) is 15.2. The summed E-state index contributed by atoms with van der Waals surface area (Å²) in [4.78, 5) is 12.1. The van der Waals surface area contributed by atoms with E-state index < -0.39 is 0 Å². The zero-order chi connectivity index (χ0) is 17.2. The molecule has 1 amide bonds. The van der Waals surface area contributed by atoms with Gasteiger partial charge in [0.2, 0.25) is 0 Å². The van der Waals surface area contributed by atoms with Gasteiger partial charge in [-0.05, 0) is 30.5 Å². The second-order valence-electron chi connectivity index (χ2n) is 6.06. The molecule has 2 rings (SSSR count). The molecule has 0 saturated heterocycles. The van der Waals surface area contributed by atoms with Gasteiger partial charge < -0.3 is 15.4 Å². The second-order valence-corrected chi connectivity index (χ2v) is 6.06. The average Bonchev–Trinajstić information content (AvgIpc) is 2.89. The number of hydrogen-bond donors (Lipinski definition) is 2. The molecule has 1 aliphatic rings. The summed E-state index contributed by atoms with van der Waals surface area (Å²) in [7, 11) is 1.61. The number of carbonyl (C=O) groups is 1. The Morgan fingerprint density at radius 3 is 2.50 bits per heavy atom. The predicted octanol–water partition coefficient (Wildman–Crippen LogP) is 3.03. The molecule has 1 aliphatic carbocycles. The minimum absolute atomic E-state index is 0.118. The Bertz CT molecular complexity index is 594. The predicted molar refractivity (Wildman–Crippen MR) is 93.2 cm³/mol. The third kappa shape index (κ3) is 5.62. The molecule has 0 atom stereocenters. The van der Waals surface area contributed by atoms with Crippen molar-refractivity contribution in [1.82, 2.24) is 10.6 Å². The van der Waals surface area contributed by atoms with Crippen molar-refractivity contribution in [3.8, 4) is 11.8 Å². The van der Waals surface area contributed by atoms with E-state index in [0.717, 1.165) is 24.2 Å².